The summed E-state index contributed by atoms with van der Waals surface area (Å²) in [4.78, 5) is 2.19. The summed E-state index contributed by atoms with van der Waals surface area (Å²) in [6, 6.07) is 0. The van der Waals surface area contributed by atoms with E-state index in [1.54, 1.807) is 0 Å². The number of rotatable bonds is 2. The van der Waals surface area contributed by atoms with Gasteiger partial charge in [0.05, 0.1) is 11.7 Å². The fourth-order valence-corrected chi connectivity index (χ4v) is 2.56. The number of nitrogens with zero attached hydrogens (tertiary/aromatic N) is 1. The first kappa shape index (κ1) is 9.44. The van der Waals surface area contributed by atoms with E-state index in [-0.39, 0.29) is 6.10 Å². The van der Waals surface area contributed by atoms with Gasteiger partial charge >= 0.3 is 0 Å². The van der Waals surface area contributed by atoms with Gasteiger partial charge in [-0.05, 0) is 19.3 Å². The lowest BCUT2D eigenvalue weighted by Gasteiger charge is -2.28. The number of aliphatic hydroxyl groups excluding tert-OH is 1. The number of hydrogen-bond acceptors (Lipinski definition) is 3. The van der Waals surface area contributed by atoms with E-state index in [1.807, 2.05) is 0 Å². The molecule has 1 aliphatic heterocycles. The highest BCUT2D eigenvalue weighted by Gasteiger charge is 2.34. The molecule has 2 N–H and O–H groups in total. The Morgan fingerprint density at radius 2 is 2.00 bits per heavy atom. The molecule has 3 nitrogen and oxygen atoms in total. The standard InChI is InChI=1S/C10H19NO2/c12-9-3-6-11(7-9)8-10(13)4-1-2-5-10/h9,12-13H,1-8H2/t9-/m0/s1. The zero-order chi connectivity index (χ0) is 9.31. The van der Waals surface area contributed by atoms with Crippen molar-refractivity contribution in [2.45, 2.75) is 43.8 Å². The SMILES string of the molecule is O[C@H]1CCN(CC2(O)CCCC2)C1. The van der Waals surface area contributed by atoms with Crippen LogP contribution in [0.2, 0.25) is 0 Å². The van der Waals surface area contributed by atoms with Crippen molar-refractivity contribution < 1.29 is 10.2 Å². The van der Waals surface area contributed by atoms with E-state index in [1.165, 1.54) is 0 Å². The van der Waals surface area contributed by atoms with Crippen LogP contribution in [0.25, 0.3) is 0 Å². The van der Waals surface area contributed by atoms with Gasteiger partial charge in [0, 0.05) is 19.6 Å². The molecule has 0 spiro atoms. The van der Waals surface area contributed by atoms with Crippen LogP contribution in [-0.4, -0.2) is 46.5 Å². The molecule has 2 fully saturated rings. The van der Waals surface area contributed by atoms with Crippen molar-refractivity contribution in [1.29, 1.82) is 0 Å². The Morgan fingerprint density at radius 1 is 1.31 bits per heavy atom. The van der Waals surface area contributed by atoms with Crippen LogP contribution in [-0.2, 0) is 0 Å². The molecule has 0 unspecified atom stereocenters. The normalized spacial score (nSPS) is 34.2. The van der Waals surface area contributed by atoms with Gasteiger partial charge in [0.15, 0.2) is 0 Å². The summed E-state index contributed by atoms with van der Waals surface area (Å²) in [5, 5.41) is 19.4. The first-order valence-corrected chi connectivity index (χ1v) is 5.31. The highest BCUT2D eigenvalue weighted by Crippen LogP contribution is 2.30. The van der Waals surface area contributed by atoms with E-state index in [2.05, 4.69) is 4.90 Å². The van der Waals surface area contributed by atoms with Gasteiger partial charge in [0.25, 0.3) is 0 Å². The van der Waals surface area contributed by atoms with Gasteiger partial charge in [-0.1, -0.05) is 12.8 Å². The molecule has 1 aliphatic carbocycles. The number of β-amino-alcohol motifs (C(OH)–C–C–N with tert-alkyl or cyclic N) is 2. The summed E-state index contributed by atoms with van der Waals surface area (Å²) in [5.41, 5.74) is -0.440. The molecule has 3 heteroatoms. The Labute approximate surface area is 79.4 Å². The molecule has 0 radical (unpaired) electrons. The minimum Gasteiger partial charge on any atom is -0.392 e. The molecule has 1 atom stereocenters. The quantitative estimate of drug-likeness (QED) is 0.653. The molecule has 76 valence electrons. The lowest BCUT2D eigenvalue weighted by atomic mass is 10.0. The summed E-state index contributed by atoms with van der Waals surface area (Å²) >= 11 is 0. The molecular weight excluding hydrogens is 166 g/mol. The lowest BCUT2D eigenvalue weighted by Crippen LogP contribution is -2.40. The maximum absolute atomic E-state index is 10.1. The zero-order valence-corrected chi connectivity index (χ0v) is 8.08. The first-order chi connectivity index (χ1) is 6.18. The van der Waals surface area contributed by atoms with E-state index in [0.717, 1.165) is 51.7 Å². The lowest BCUT2D eigenvalue weighted by molar-refractivity contribution is 0.0128. The third kappa shape index (κ3) is 2.22. The summed E-state index contributed by atoms with van der Waals surface area (Å²) in [7, 11) is 0. The predicted octanol–water partition coefficient (Wildman–Crippen LogP) is 0.358. The highest BCUT2D eigenvalue weighted by atomic mass is 16.3. The smallest absolute Gasteiger partial charge is 0.0774 e. The van der Waals surface area contributed by atoms with E-state index >= 15 is 0 Å². The van der Waals surface area contributed by atoms with Crippen LogP contribution in [0.1, 0.15) is 32.1 Å². The van der Waals surface area contributed by atoms with Crippen molar-refractivity contribution in [3.63, 3.8) is 0 Å². The maximum atomic E-state index is 10.1. The van der Waals surface area contributed by atoms with Crippen LogP contribution in [0.4, 0.5) is 0 Å². The molecule has 1 saturated carbocycles. The molecule has 2 rings (SSSR count). The second-order valence-corrected chi connectivity index (χ2v) is 4.61. The molecule has 13 heavy (non-hydrogen) atoms. The van der Waals surface area contributed by atoms with Crippen LogP contribution in [0.15, 0.2) is 0 Å². The largest absolute Gasteiger partial charge is 0.392 e. The molecule has 0 bridgehead atoms. The van der Waals surface area contributed by atoms with Crippen LogP contribution < -0.4 is 0 Å². The van der Waals surface area contributed by atoms with Gasteiger partial charge in [-0.3, -0.25) is 4.90 Å². The summed E-state index contributed by atoms with van der Waals surface area (Å²) in [6.45, 7) is 2.47. The summed E-state index contributed by atoms with van der Waals surface area (Å²) < 4.78 is 0. The van der Waals surface area contributed by atoms with Gasteiger partial charge in [-0.2, -0.15) is 0 Å². The van der Waals surface area contributed by atoms with Crippen molar-refractivity contribution in [3.8, 4) is 0 Å². The summed E-state index contributed by atoms with van der Waals surface area (Å²) in [6.07, 6.45) is 4.92. The zero-order valence-electron chi connectivity index (χ0n) is 8.08. The van der Waals surface area contributed by atoms with E-state index in [4.69, 9.17) is 0 Å². The molecule has 0 aromatic carbocycles. The number of hydrogen-bond donors (Lipinski definition) is 2. The average Bonchev–Trinajstić information content (AvgIpc) is 2.62. The highest BCUT2D eigenvalue weighted by molar-refractivity contribution is 4.89. The predicted molar refractivity (Wildman–Crippen MR) is 50.5 cm³/mol. The second kappa shape index (κ2) is 3.56. The molecule has 1 saturated heterocycles. The average molecular weight is 185 g/mol. The van der Waals surface area contributed by atoms with E-state index in [0.29, 0.717) is 0 Å². The topological polar surface area (TPSA) is 43.7 Å². The fourth-order valence-electron chi connectivity index (χ4n) is 2.56. The third-order valence-corrected chi connectivity index (χ3v) is 3.30. The Balaban J connectivity index is 1.83. The van der Waals surface area contributed by atoms with Crippen LogP contribution in [0, 0.1) is 0 Å². The van der Waals surface area contributed by atoms with Crippen LogP contribution in [0.3, 0.4) is 0 Å². The molecule has 1 heterocycles. The van der Waals surface area contributed by atoms with Gasteiger partial charge in [0.2, 0.25) is 0 Å². The molecular formula is C10H19NO2. The van der Waals surface area contributed by atoms with Crippen molar-refractivity contribution >= 4 is 0 Å². The first-order valence-electron chi connectivity index (χ1n) is 5.31. The Kier molecular flexibility index (Phi) is 2.58. The Bertz CT molecular complexity index is 178. The number of aliphatic hydroxyl groups is 2. The molecule has 0 amide bonds. The Morgan fingerprint density at radius 3 is 2.54 bits per heavy atom. The molecule has 0 aromatic heterocycles. The van der Waals surface area contributed by atoms with Gasteiger partial charge < -0.3 is 10.2 Å². The van der Waals surface area contributed by atoms with Gasteiger partial charge in [-0.25, -0.2) is 0 Å². The van der Waals surface area contributed by atoms with Crippen molar-refractivity contribution in [2.24, 2.45) is 0 Å². The minimum atomic E-state index is -0.440. The van der Waals surface area contributed by atoms with Crippen molar-refractivity contribution in [2.75, 3.05) is 19.6 Å². The molecule has 2 aliphatic rings. The van der Waals surface area contributed by atoms with Crippen molar-refractivity contribution in [1.82, 2.24) is 4.90 Å². The summed E-state index contributed by atoms with van der Waals surface area (Å²) in [5.74, 6) is 0. The monoisotopic (exact) mass is 185 g/mol. The minimum absolute atomic E-state index is 0.162. The van der Waals surface area contributed by atoms with Gasteiger partial charge in [-0.15, -0.1) is 0 Å². The second-order valence-electron chi connectivity index (χ2n) is 4.61. The van der Waals surface area contributed by atoms with Crippen LogP contribution >= 0.6 is 0 Å². The van der Waals surface area contributed by atoms with Crippen LogP contribution in [0.5, 0.6) is 0 Å². The van der Waals surface area contributed by atoms with E-state index < -0.39 is 5.60 Å². The maximum Gasteiger partial charge on any atom is 0.0774 e. The third-order valence-electron chi connectivity index (χ3n) is 3.30. The Hall–Kier alpha value is -0.120. The van der Waals surface area contributed by atoms with E-state index in [9.17, 15) is 10.2 Å². The number of likely N-dealkylation sites (tertiary alicyclic amines) is 1. The molecule has 0 aromatic rings. The van der Waals surface area contributed by atoms with Crippen molar-refractivity contribution in [3.05, 3.63) is 0 Å². The fraction of sp³-hybridized carbons (Fsp3) is 1.00. The van der Waals surface area contributed by atoms with Gasteiger partial charge in [0.1, 0.15) is 0 Å².